The van der Waals surface area contributed by atoms with Crippen LogP contribution in [0.1, 0.15) is 15.9 Å². The molecule has 0 aliphatic carbocycles. The van der Waals surface area contributed by atoms with E-state index in [4.69, 9.17) is 0 Å². The predicted molar refractivity (Wildman–Crippen MR) is 122 cm³/mol. The molecule has 2 N–H and O–H groups in total. The summed E-state index contributed by atoms with van der Waals surface area (Å²) in [5.74, 6) is -3.06. The van der Waals surface area contributed by atoms with Gasteiger partial charge in [-0.15, -0.1) is 13.2 Å². The van der Waals surface area contributed by atoms with Crippen molar-refractivity contribution in [3.05, 3.63) is 95.7 Å². The first-order valence-corrected chi connectivity index (χ1v) is 11.7. The molecule has 0 saturated heterocycles. The third-order valence-electron chi connectivity index (χ3n) is 5.07. The van der Waals surface area contributed by atoms with Crippen LogP contribution < -0.4 is 10.1 Å². The summed E-state index contributed by atoms with van der Waals surface area (Å²) in [4.78, 5) is 25.7. The van der Waals surface area contributed by atoms with E-state index in [0.29, 0.717) is 4.31 Å². The van der Waals surface area contributed by atoms with Crippen LogP contribution in [0.2, 0.25) is 0 Å². The molecule has 3 aromatic rings. The van der Waals surface area contributed by atoms with Crippen LogP contribution in [-0.4, -0.2) is 42.4 Å². The number of ketones is 1. The second kappa shape index (κ2) is 9.38. The third-order valence-corrected chi connectivity index (χ3v) is 6.88. The summed E-state index contributed by atoms with van der Waals surface area (Å²) in [6.07, 6.45) is -4.95. The van der Waals surface area contributed by atoms with E-state index in [0.717, 1.165) is 12.1 Å². The lowest BCUT2D eigenvalue weighted by molar-refractivity contribution is -0.274. The number of allylic oxidation sites excluding steroid dienone is 1. The fourth-order valence-electron chi connectivity index (χ4n) is 3.58. The van der Waals surface area contributed by atoms with Gasteiger partial charge >= 0.3 is 6.36 Å². The van der Waals surface area contributed by atoms with E-state index < -0.39 is 51.8 Å². The number of amides is 1. The number of sulfonamides is 1. The van der Waals surface area contributed by atoms with E-state index in [1.54, 1.807) is 18.2 Å². The lowest BCUT2D eigenvalue weighted by Gasteiger charge is -2.31. The Bertz CT molecular complexity index is 1470. The van der Waals surface area contributed by atoms with Gasteiger partial charge in [-0.2, -0.15) is 0 Å². The second-order valence-corrected chi connectivity index (χ2v) is 9.35. The molecule has 4 rings (SSSR count). The fourth-order valence-corrected chi connectivity index (χ4v) is 5.21. The number of carbonyl (C=O) groups excluding carboxylic acids is 2. The molecule has 0 fully saturated rings. The fraction of sp³-hybridized carbons (Fsp3) is 0.0833. The first kappa shape index (κ1) is 24.8. The normalized spacial score (nSPS) is 16.2. The molecule has 0 aromatic heterocycles. The molecule has 12 heteroatoms. The van der Waals surface area contributed by atoms with Crippen molar-refractivity contribution in [2.24, 2.45) is 0 Å². The standard InChI is InChI=1S/C24H17F3N2O6S/c25-24(26,27)35-17-10-6-9-16(13-17)28-20(30)14-29-21(22(31)15-7-2-1-3-8-15)23(32)18-11-4-5-12-19(18)36(29,33)34/h1-13,31H,14H2,(H,28,30)/b22-21+. The number of alkyl halides is 3. The van der Waals surface area contributed by atoms with Crippen LogP contribution in [0.25, 0.3) is 5.76 Å². The molecule has 0 unspecified atom stereocenters. The first-order valence-electron chi connectivity index (χ1n) is 10.3. The number of nitrogens with one attached hydrogen (secondary N) is 1. The number of aliphatic hydroxyl groups is 1. The highest BCUT2D eigenvalue weighted by Gasteiger charge is 2.42. The predicted octanol–water partition coefficient (Wildman–Crippen LogP) is 4.34. The number of anilines is 1. The highest BCUT2D eigenvalue weighted by atomic mass is 32.2. The minimum atomic E-state index is -4.95. The summed E-state index contributed by atoms with van der Waals surface area (Å²) in [5, 5.41) is 13.2. The number of ether oxygens (including phenoxy) is 1. The van der Waals surface area contributed by atoms with Gasteiger partial charge in [-0.05, 0) is 24.3 Å². The summed E-state index contributed by atoms with van der Waals surface area (Å²) in [7, 11) is -4.48. The lowest BCUT2D eigenvalue weighted by atomic mass is 10.0. The van der Waals surface area contributed by atoms with E-state index in [2.05, 4.69) is 10.1 Å². The summed E-state index contributed by atoms with van der Waals surface area (Å²) in [6, 6.07) is 17.4. The molecule has 186 valence electrons. The monoisotopic (exact) mass is 518 g/mol. The van der Waals surface area contributed by atoms with Crippen molar-refractivity contribution in [1.82, 2.24) is 4.31 Å². The van der Waals surface area contributed by atoms with E-state index >= 15 is 0 Å². The topological polar surface area (TPSA) is 113 Å². The summed E-state index contributed by atoms with van der Waals surface area (Å²) >= 11 is 0. The number of hydrogen-bond acceptors (Lipinski definition) is 6. The van der Waals surface area contributed by atoms with Crippen molar-refractivity contribution in [2.45, 2.75) is 11.3 Å². The van der Waals surface area contributed by atoms with Gasteiger partial charge in [0, 0.05) is 22.9 Å². The Morgan fingerprint density at radius 2 is 1.64 bits per heavy atom. The van der Waals surface area contributed by atoms with Gasteiger partial charge in [-0.25, -0.2) is 12.7 Å². The molecule has 0 bridgehead atoms. The zero-order valence-corrected chi connectivity index (χ0v) is 19.0. The minimum absolute atomic E-state index is 0.110. The van der Waals surface area contributed by atoms with Gasteiger partial charge in [-0.3, -0.25) is 9.59 Å². The van der Waals surface area contributed by atoms with Crippen LogP contribution in [-0.2, 0) is 14.8 Å². The molecule has 0 spiro atoms. The van der Waals surface area contributed by atoms with Gasteiger partial charge in [0.2, 0.25) is 11.7 Å². The van der Waals surface area contributed by atoms with Crippen LogP contribution in [0.5, 0.6) is 5.75 Å². The van der Waals surface area contributed by atoms with E-state index in [9.17, 15) is 36.3 Å². The molecule has 1 heterocycles. The summed E-state index contributed by atoms with van der Waals surface area (Å²) < 4.78 is 68.6. The van der Waals surface area contributed by atoms with Gasteiger partial charge in [-0.1, -0.05) is 48.5 Å². The highest BCUT2D eigenvalue weighted by molar-refractivity contribution is 7.89. The van der Waals surface area contributed by atoms with Crippen LogP contribution in [0.4, 0.5) is 18.9 Å². The van der Waals surface area contributed by atoms with Crippen molar-refractivity contribution in [3.8, 4) is 5.75 Å². The number of aliphatic hydroxyl groups excluding tert-OH is 1. The Morgan fingerprint density at radius 1 is 0.972 bits per heavy atom. The molecular weight excluding hydrogens is 501 g/mol. The Kier molecular flexibility index (Phi) is 6.46. The van der Waals surface area contributed by atoms with Gasteiger partial charge in [0.25, 0.3) is 10.0 Å². The number of halogens is 3. The van der Waals surface area contributed by atoms with Crippen molar-refractivity contribution in [3.63, 3.8) is 0 Å². The van der Waals surface area contributed by atoms with Crippen LogP contribution in [0, 0.1) is 0 Å². The van der Waals surface area contributed by atoms with Gasteiger partial charge in [0.1, 0.15) is 18.0 Å². The maximum atomic E-state index is 13.4. The Morgan fingerprint density at radius 3 is 2.33 bits per heavy atom. The molecule has 0 radical (unpaired) electrons. The average Bonchev–Trinajstić information content (AvgIpc) is 2.82. The molecular formula is C24H17F3N2O6S. The van der Waals surface area contributed by atoms with E-state index in [1.807, 2.05) is 0 Å². The molecule has 8 nitrogen and oxygen atoms in total. The highest BCUT2D eigenvalue weighted by Crippen LogP contribution is 2.35. The van der Waals surface area contributed by atoms with Crippen LogP contribution >= 0.6 is 0 Å². The summed E-state index contributed by atoms with van der Waals surface area (Å²) in [5.41, 5.74) is -0.786. The van der Waals surface area contributed by atoms with Gasteiger partial charge < -0.3 is 15.2 Å². The zero-order valence-electron chi connectivity index (χ0n) is 18.2. The number of nitrogens with zero attached hydrogens (tertiary/aromatic N) is 1. The SMILES string of the molecule is O=C(CN1/C(=C(/O)c2ccccc2)C(=O)c2ccccc2S1(=O)=O)Nc1cccc(OC(F)(F)F)c1. The van der Waals surface area contributed by atoms with Crippen LogP contribution in [0.15, 0.2) is 89.5 Å². The average molecular weight is 518 g/mol. The molecule has 0 saturated carbocycles. The van der Waals surface area contributed by atoms with E-state index in [1.165, 1.54) is 48.5 Å². The molecule has 36 heavy (non-hydrogen) atoms. The Labute approximate surface area is 203 Å². The third kappa shape index (κ3) is 5.03. The quantitative estimate of drug-likeness (QED) is 0.384. The number of fused-ring (bicyclic) bond motifs is 1. The largest absolute Gasteiger partial charge is 0.573 e. The maximum Gasteiger partial charge on any atom is 0.573 e. The number of benzene rings is 3. The molecule has 3 aromatic carbocycles. The number of carbonyl (C=O) groups is 2. The van der Waals surface area contributed by atoms with E-state index in [-0.39, 0.29) is 21.7 Å². The Balaban J connectivity index is 1.72. The second-order valence-electron chi connectivity index (χ2n) is 7.52. The molecule has 1 aliphatic rings. The van der Waals surface area contributed by atoms with Crippen LogP contribution in [0.3, 0.4) is 0 Å². The zero-order chi connectivity index (χ0) is 26.1. The Hall–Kier alpha value is -4.32. The number of rotatable bonds is 5. The van der Waals surface area contributed by atoms with Crippen molar-refractivity contribution in [1.29, 1.82) is 0 Å². The molecule has 0 atom stereocenters. The van der Waals surface area contributed by atoms with Gasteiger partial charge in [0.15, 0.2) is 5.76 Å². The van der Waals surface area contributed by atoms with Gasteiger partial charge in [0.05, 0.1) is 4.90 Å². The lowest BCUT2D eigenvalue weighted by Crippen LogP contribution is -2.43. The van der Waals surface area contributed by atoms with Crippen molar-refractivity contribution >= 4 is 33.2 Å². The maximum absolute atomic E-state index is 13.4. The first-order chi connectivity index (χ1) is 17.0. The molecule has 1 amide bonds. The molecule has 1 aliphatic heterocycles. The van der Waals surface area contributed by atoms with Crippen molar-refractivity contribution < 1.29 is 41.0 Å². The number of hydrogen-bond donors (Lipinski definition) is 2. The number of Topliss-reactive ketones (excluding diaryl/α,β-unsaturated/α-hetero) is 1. The summed E-state index contributed by atoms with van der Waals surface area (Å²) in [6.45, 7) is -0.945. The van der Waals surface area contributed by atoms with Crippen molar-refractivity contribution in [2.75, 3.05) is 11.9 Å². The minimum Gasteiger partial charge on any atom is -0.505 e. The smallest absolute Gasteiger partial charge is 0.505 e.